The first-order chi connectivity index (χ1) is 9.29. The fraction of sp³-hybridized carbons (Fsp3) is 0.556. The lowest BCUT2D eigenvalue weighted by Gasteiger charge is -2.10. The Labute approximate surface area is 124 Å². The Morgan fingerprint density at radius 2 is 1.70 bits per heavy atom. The van der Waals surface area contributed by atoms with E-state index in [0.717, 1.165) is 18.4 Å². The van der Waals surface area contributed by atoms with E-state index in [-0.39, 0.29) is 6.15 Å². The summed E-state index contributed by atoms with van der Waals surface area (Å²) in [7, 11) is 0. The molecule has 1 aromatic rings. The van der Waals surface area contributed by atoms with Gasteiger partial charge in [-0.15, -0.1) is 6.58 Å². The van der Waals surface area contributed by atoms with Gasteiger partial charge in [-0.25, -0.2) is 0 Å². The van der Waals surface area contributed by atoms with Crippen molar-refractivity contribution in [1.29, 1.82) is 0 Å². The van der Waals surface area contributed by atoms with Crippen molar-refractivity contribution in [2.45, 2.75) is 64.7 Å². The Morgan fingerprint density at radius 3 is 2.35 bits per heavy atom. The summed E-state index contributed by atoms with van der Waals surface area (Å²) in [6.07, 6.45) is 12.9. The summed E-state index contributed by atoms with van der Waals surface area (Å²) in [5, 5.41) is 9.96. The van der Waals surface area contributed by atoms with Crippen LogP contribution in [0.1, 0.15) is 63.0 Å². The first-order valence-corrected chi connectivity index (χ1v) is 7.70. The lowest BCUT2D eigenvalue weighted by molar-refractivity contribution is 0.465. The van der Waals surface area contributed by atoms with Crippen LogP contribution in [0.4, 0.5) is 0 Å². The van der Waals surface area contributed by atoms with E-state index in [1.807, 2.05) is 12.1 Å². The average molecular weight is 277 g/mol. The van der Waals surface area contributed by atoms with Crippen molar-refractivity contribution >= 4 is 0 Å². The van der Waals surface area contributed by atoms with Gasteiger partial charge in [-0.1, -0.05) is 63.7 Å². The Morgan fingerprint density at radius 1 is 1.05 bits per heavy atom. The molecular formula is C18H31NO. The Hall–Kier alpha value is -1.28. The van der Waals surface area contributed by atoms with E-state index in [2.05, 4.69) is 19.6 Å². The average Bonchev–Trinajstić information content (AvgIpc) is 2.41. The number of rotatable bonds is 10. The summed E-state index contributed by atoms with van der Waals surface area (Å²) < 4.78 is 0. The number of allylic oxidation sites excluding steroid dienone is 1. The highest BCUT2D eigenvalue weighted by Crippen LogP contribution is 2.24. The summed E-state index contributed by atoms with van der Waals surface area (Å²) in [6, 6.07) is 5.81. The molecule has 0 aliphatic heterocycles. The fourth-order valence-corrected chi connectivity index (χ4v) is 2.52. The molecule has 1 aromatic carbocycles. The van der Waals surface area contributed by atoms with Gasteiger partial charge in [-0.2, -0.15) is 0 Å². The molecule has 0 fully saturated rings. The number of aromatic hydroxyl groups is 1. The van der Waals surface area contributed by atoms with Crippen molar-refractivity contribution in [3.05, 3.63) is 42.0 Å². The maximum absolute atomic E-state index is 9.96. The number of phenolic OH excluding ortho intramolecular Hbond substituents is 1. The molecule has 0 saturated carbocycles. The minimum atomic E-state index is 0. The van der Waals surface area contributed by atoms with E-state index in [0.29, 0.717) is 5.75 Å². The van der Waals surface area contributed by atoms with Crippen LogP contribution in [0, 0.1) is 0 Å². The molecule has 0 bridgehead atoms. The van der Waals surface area contributed by atoms with Gasteiger partial charge >= 0.3 is 0 Å². The zero-order chi connectivity index (χ0) is 13.9. The highest BCUT2D eigenvalue weighted by molar-refractivity contribution is 5.40. The molecule has 2 nitrogen and oxygen atoms in total. The van der Waals surface area contributed by atoms with Crippen LogP contribution in [-0.2, 0) is 12.8 Å². The molecule has 1 rings (SSSR count). The van der Waals surface area contributed by atoms with Gasteiger partial charge in [0, 0.05) is 0 Å². The van der Waals surface area contributed by atoms with Gasteiger partial charge in [-0.3, -0.25) is 0 Å². The first-order valence-electron chi connectivity index (χ1n) is 7.70. The van der Waals surface area contributed by atoms with Crippen LogP contribution in [0.25, 0.3) is 0 Å². The minimum Gasteiger partial charge on any atom is -0.508 e. The number of hydrogen-bond donors (Lipinski definition) is 2. The van der Waals surface area contributed by atoms with Crippen molar-refractivity contribution in [2.24, 2.45) is 0 Å². The lowest BCUT2D eigenvalue weighted by Crippen LogP contribution is -1.94. The predicted molar refractivity (Wildman–Crippen MR) is 88.7 cm³/mol. The molecular weight excluding hydrogens is 246 g/mol. The van der Waals surface area contributed by atoms with Crippen LogP contribution in [0.5, 0.6) is 5.75 Å². The van der Waals surface area contributed by atoms with E-state index >= 15 is 0 Å². The van der Waals surface area contributed by atoms with Gasteiger partial charge < -0.3 is 11.3 Å². The number of hydrogen-bond acceptors (Lipinski definition) is 2. The Bertz CT molecular complexity index is 374. The molecule has 0 aliphatic carbocycles. The second-order valence-corrected chi connectivity index (χ2v) is 5.28. The largest absolute Gasteiger partial charge is 0.508 e. The maximum Gasteiger partial charge on any atom is 0.119 e. The van der Waals surface area contributed by atoms with Crippen LogP contribution in [0.15, 0.2) is 30.9 Å². The first kappa shape index (κ1) is 18.7. The molecule has 4 N–H and O–H groups in total. The molecule has 0 radical (unpaired) electrons. The van der Waals surface area contributed by atoms with Crippen LogP contribution < -0.4 is 6.15 Å². The molecule has 0 aromatic heterocycles. The zero-order valence-electron chi connectivity index (χ0n) is 13.0. The van der Waals surface area contributed by atoms with Crippen LogP contribution >= 0.6 is 0 Å². The highest BCUT2D eigenvalue weighted by atomic mass is 16.3. The highest BCUT2D eigenvalue weighted by Gasteiger charge is 2.06. The molecule has 0 saturated heterocycles. The van der Waals surface area contributed by atoms with E-state index in [4.69, 9.17) is 0 Å². The smallest absolute Gasteiger partial charge is 0.119 e. The van der Waals surface area contributed by atoms with Crippen molar-refractivity contribution in [3.63, 3.8) is 0 Å². The van der Waals surface area contributed by atoms with E-state index in [1.165, 1.54) is 50.5 Å². The van der Waals surface area contributed by atoms with Gasteiger partial charge in [0.05, 0.1) is 0 Å². The molecule has 0 amide bonds. The second kappa shape index (κ2) is 11.5. The maximum atomic E-state index is 9.96. The number of unbranched alkanes of at least 4 members (excludes halogenated alkanes) is 6. The predicted octanol–water partition coefficient (Wildman–Crippen LogP) is 5.58. The Kier molecular flexibility index (Phi) is 10.8. The summed E-state index contributed by atoms with van der Waals surface area (Å²) in [6.45, 7) is 6.03. The number of benzene rings is 1. The quantitative estimate of drug-likeness (QED) is 0.433. The monoisotopic (exact) mass is 277 g/mol. The molecule has 0 unspecified atom stereocenters. The normalized spacial score (nSPS) is 10.1. The molecule has 0 atom stereocenters. The van der Waals surface area contributed by atoms with E-state index in [9.17, 15) is 5.11 Å². The van der Waals surface area contributed by atoms with Gasteiger partial charge in [0.15, 0.2) is 0 Å². The Balaban J connectivity index is 0.00000361. The molecule has 2 heteroatoms. The van der Waals surface area contributed by atoms with Gasteiger partial charge in [-0.05, 0) is 36.5 Å². The van der Waals surface area contributed by atoms with Gasteiger partial charge in [0.2, 0.25) is 0 Å². The lowest BCUT2D eigenvalue weighted by atomic mass is 9.97. The van der Waals surface area contributed by atoms with Crippen molar-refractivity contribution in [3.8, 4) is 5.75 Å². The van der Waals surface area contributed by atoms with Crippen molar-refractivity contribution < 1.29 is 5.11 Å². The fourth-order valence-electron chi connectivity index (χ4n) is 2.52. The summed E-state index contributed by atoms with van der Waals surface area (Å²) in [5.41, 5.74) is 2.34. The third-order valence-electron chi connectivity index (χ3n) is 3.64. The second-order valence-electron chi connectivity index (χ2n) is 5.28. The minimum absolute atomic E-state index is 0. The molecule has 0 aliphatic rings. The summed E-state index contributed by atoms with van der Waals surface area (Å²) >= 11 is 0. The standard InChI is InChI=1S/C18H28O.H3N/c1-3-5-6-7-8-9-10-14-17-16(12-4-2)13-11-15-18(17)19;/h4,11,13,15,19H,2-3,5-10,12,14H2,1H3;1H3. The van der Waals surface area contributed by atoms with E-state index in [1.54, 1.807) is 6.07 Å². The van der Waals surface area contributed by atoms with Gasteiger partial charge in [0.1, 0.15) is 5.75 Å². The van der Waals surface area contributed by atoms with Gasteiger partial charge in [0.25, 0.3) is 0 Å². The zero-order valence-corrected chi connectivity index (χ0v) is 13.0. The molecule has 20 heavy (non-hydrogen) atoms. The summed E-state index contributed by atoms with van der Waals surface area (Å²) in [4.78, 5) is 0. The third-order valence-corrected chi connectivity index (χ3v) is 3.64. The van der Waals surface area contributed by atoms with Crippen LogP contribution in [-0.4, -0.2) is 5.11 Å². The molecule has 0 heterocycles. The van der Waals surface area contributed by atoms with Crippen molar-refractivity contribution in [1.82, 2.24) is 6.15 Å². The molecule has 114 valence electrons. The van der Waals surface area contributed by atoms with Crippen LogP contribution in [0.3, 0.4) is 0 Å². The van der Waals surface area contributed by atoms with E-state index < -0.39 is 0 Å². The number of phenols is 1. The SMILES string of the molecule is C=CCc1cccc(O)c1CCCCCCCCC.N. The molecule has 0 spiro atoms. The summed E-state index contributed by atoms with van der Waals surface area (Å²) in [5.74, 6) is 0.449. The third kappa shape index (κ3) is 6.76. The van der Waals surface area contributed by atoms with Crippen LogP contribution in [0.2, 0.25) is 0 Å². The van der Waals surface area contributed by atoms with Crippen molar-refractivity contribution in [2.75, 3.05) is 0 Å². The topological polar surface area (TPSA) is 55.2 Å².